The Bertz CT molecular complexity index is 786. The molecule has 1 saturated heterocycles. The van der Waals surface area contributed by atoms with Crippen LogP contribution >= 0.6 is 0 Å². The molecule has 1 aliphatic rings. The second kappa shape index (κ2) is 6.52. The molecule has 6 heteroatoms. The van der Waals surface area contributed by atoms with E-state index in [1.54, 1.807) is 24.3 Å². The van der Waals surface area contributed by atoms with Gasteiger partial charge in [0.2, 0.25) is 15.9 Å². The summed E-state index contributed by atoms with van der Waals surface area (Å²) >= 11 is 0. The van der Waals surface area contributed by atoms with Gasteiger partial charge >= 0.3 is 0 Å². The Kier molecular flexibility index (Phi) is 4.45. The zero-order valence-electron chi connectivity index (χ0n) is 12.5. The van der Waals surface area contributed by atoms with Crippen molar-refractivity contribution in [2.45, 2.75) is 23.8 Å². The van der Waals surface area contributed by atoms with Gasteiger partial charge in [0.1, 0.15) is 0 Å². The molecule has 120 valence electrons. The van der Waals surface area contributed by atoms with Crippen molar-refractivity contribution in [3.8, 4) is 0 Å². The lowest BCUT2D eigenvalue weighted by Gasteiger charge is -2.10. The Balaban J connectivity index is 1.69. The van der Waals surface area contributed by atoms with E-state index >= 15 is 0 Å². The monoisotopic (exact) mass is 330 g/mol. The van der Waals surface area contributed by atoms with Gasteiger partial charge in [-0.2, -0.15) is 0 Å². The van der Waals surface area contributed by atoms with Crippen molar-refractivity contribution in [1.82, 2.24) is 10.0 Å². The Morgan fingerprint density at radius 2 is 1.74 bits per heavy atom. The third-order valence-corrected chi connectivity index (χ3v) is 5.37. The summed E-state index contributed by atoms with van der Waals surface area (Å²) in [6.45, 7) is 0.864. The first-order valence-electron chi connectivity index (χ1n) is 7.45. The molecule has 1 aliphatic heterocycles. The van der Waals surface area contributed by atoms with Crippen molar-refractivity contribution in [3.05, 3.63) is 65.7 Å². The van der Waals surface area contributed by atoms with Crippen LogP contribution < -0.4 is 10.0 Å². The first-order valence-corrected chi connectivity index (χ1v) is 8.93. The van der Waals surface area contributed by atoms with Crippen molar-refractivity contribution >= 4 is 15.9 Å². The smallest absolute Gasteiger partial charge is 0.240 e. The molecule has 2 N–H and O–H groups in total. The largest absolute Gasteiger partial charge is 0.355 e. The molecule has 2 aromatic rings. The molecule has 1 atom stereocenters. The van der Waals surface area contributed by atoms with E-state index in [-0.39, 0.29) is 23.3 Å². The van der Waals surface area contributed by atoms with Gasteiger partial charge in [0.15, 0.2) is 0 Å². The third kappa shape index (κ3) is 3.78. The van der Waals surface area contributed by atoms with E-state index < -0.39 is 10.0 Å². The maximum atomic E-state index is 12.3. The van der Waals surface area contributed by atoms with Gasteiger partial charge in [0.25, 0.3) is 0 Å². The van der Waals surface area contributed by atoms with Crippen molar-refractivity contribution in [3.63, 3.8) is 0 Å². The van der Waals surface area contributed by atoms with Crippen LogP contribution in [-0.4, -0.2) is 20.9 Å². The van der Waals surface area contributed by atoms with Gasteiger partial charge in [0, 0.05) is 25.4 Å². The Morgan fingerprint density at radius 1 is 1.04 bits per heavy atom. The maximum absolute atomic E-state index is 12.3. The van der Waals surface area contributed by atoms with Crippen LogP contribution in [0.5, 0.6) is 0 Å². The number of rotatable bonds is 5. The molecule has 1 heterocycles. The number of carbonyl (C=O) groups is 1. The van der Waals surface area contributed by atoms with Gasteiger partial charge in [-0.15, -0.1) is 0 Å². The second-order valence-corrected chi connectivity index (χ2v) is 7.35. The molecule has 1 fully saturated rings. The first kappa shape index (κ1) is 15.7. The normalized spacial score (nSPS) is 17.9. The summed E-state index contributed by atoms with van der Waals surface area (Å²) in [4.78, 5) is 11.5. The Morgan fingerprint density at radius 3 is 2.35 bits per heavy atom. The summed E-state index contributed by atoms with van der Waals surface area (Å²) in [6.07, 6.45) is 0.457. The summed E-state index contributed by atoms with van der Waals surface area (Å²) in [5, 5.41) is 2.78. The third-order valence-electron chi connectivity index (χ3n) is 3.95. The highest BCUT2D eigenvalue weighted by atomic mass is 32.2. The van der Waals surface area contributed by atoms with E-state index in [4.69, 9.17) is 0 Å². The fraction of sp³-hybridized carbons (Fsp3) is 0.235. The molecule has 0 saturated carbocycles. The highest BCUT2D eigenvalue weighted by Gasteiger charge is 2.23. The predicted octanol–water partition coefficient (Wildman–Crippen LogP) is 1.77. The standard InChI is InChI=1S/C17H18N2O3S/c20-17-10-15(12-18-17)14-6-8-16(9-7-14)23(21,22)19-11-13-4-2-1-3-5-13/h1-9,15,19H,10-12H2,(H,18,20)/t15-/m0/s1. The number of hydrogen-bond acceptors (Lipinski definition) is 3. The lowest BCUT2D eigenvalue weighted by Crippen LogP contribution is -2.23. The van der Waals surface area contributed by atoms with Crippen LogP contribution in [0, 0.1) is 0 Å². The van der Waals surface area contributed by atoms with Gasteiger partial charge in [-0.1, -0.05) is 42.5 Å². The van der Waals surface area contributed by atoms with Crippen LogP contribution in [0.25, 0.3) is 0 Å². The van der Waals surface area contributed by atoms with E-state index in [0.717, 1.165) is 11.1 Å². The molecule has 0 aliphatic carbocycles. The summed E-state index contributed by atoms with van der Waals surface area (Å²) in [6, 6.07) is 16.1. The van der Waals surface area contributed by atoms with E-state index in [1.165, 1.54) is 0 Å². The Hall–Kier alpha value is -2.18. The number of amides is 1. The molecule has 23 heavy (non-hydrogen) atoms. The van der Waals surface area contributed by atoms with Crippen molar-refractivity contribution in [2.24, 2.45) is 0 Å². The van der Waals surface area contributed by atoms with Gasteiger partial charge in [0.05, 0.1) is 4.90 Å². The molecule has 0 unspecified atom stereocenters. The van der Waals surface area contributed by atoms with Crippen LogP contribution in [0.3, 0.4) is 0 Å². The molecule has 0 bridgehead atoms. The van der Waals surface area contributed by atoms with Crippen molar-refractivity contribution in [2.75, 3.05) is 6.54 Å². The summed E-state index contributed by atoms with van der Waals surface area (Å²) in [5.74, 6) is 0.160. The maximum Gasteiger partial charge on any atom is 0.240 e. The fourth-order valence-electron chi connectivity index (χ4n) is 2.62. The molecule has 3 rings (SSSR count). The number of sulfonamides is 1. The summed E-state index contributed by atoms with van der Waals surface area (Å²) in [5.41, 5.74) is 1.88. The number of benzene rings is 2. The Labute approximate surface area is 135 Å². The zero-order valence-corrected chi connectivity index (χ0v) is 13.3. The number of nitrogens with one attached hydrogen (secondary N) is 2. The van der Waals surface area contributed by atoms with Gasteiger partial charge in [-0.3, -0.25) is 4.79 Å². The molecule has 5 nitrogen and oxygen atoms in total. The lowest BCUT2D eigenvalue weighted by atomic mass is 9.99. The minimum absolute atomic E-state index is 0.0382. The minimum Gasteiger partial charge on any atom is -0.355 e. The molecule has 1 amide bonds. The van der Waals surface area contributed by atoms with Crippen molar-refractivity contribution < 1.29 is 13.2 Å². The average Bonchev–Trinajstić information content (AvgIpc) is 3.01. The van der Waals surface area contributed by atoms with Crippen molar-refractivity contribution in [1.29, 1.82) is 0 Å². The first-order chi connectivity index (χ1) is 11.0. The second-order valence-electron chi connectivity index (χ2n) is 5.58. The molecule has 0 aromatic heterocycles. The summed E-state index contributed by atoms with van der Waals surface area (Å²) < 4.78 is 27.2. The number of carbonyl (C=O) groups excluding carboxylic acids is 1. The predicted molar refractivity (Wildman–Crippen MR) is 87.3 cm³/mol. The topological polar surface area (TPSA) is 75.3 Å². The molecule has 2 aromatic carbocycles. The van der Waals surface area contributed by atoms with Crippen LogP contribution in [0.2, 0.25) is 0 Å². The summed E-state index contributed by atoms with van der Waals surface area (Å²) in [7, 11) is -3.54. The minimum atomic E-state index is -3.54. The molecular formula is C17H18N2O3S. The molecular weight excluding hydrogens is 312 g/mol. The quantitative estimate of drug-likeness (QED) is 0.877. The van der Waals surface area contributed by atoms with Gasteiger partial charge in [-0.05, 0) is 23.3 Å². The van der Waals surface area contributed by atoms with E-state index in [2.05, 4.69) is 10.0 Å². The van der Waals surface area contributed by atoms with E-state index in [9.17, 15) is 13.2 Å². The van der Waals surface area contributed by atoms with E-state index in [0.29, 0.717) is 13.0 Å². The van der Waals surface area contributed by atoms with Crippen LogP contribution in [-0.2, 0) is 21.4 Å². The number of hydrogen-bond donors (Lipinski definition) is 2. The lowest BCUT2D eigenvalue weighted by molar-refractivity contribution is -0.119. The highest BCUT2D eigenvalue weighted by Crippen LogP contribution is 2.24. The van der Waals surface area contributed by atoms with E-state index in [1.807, 2.05) is 30.3 Å². The van der Waals surface area contributed by atoms with Gasteiger partial charge < -0.3 is 5.32 Å². The molecule has 0 radical (unpaired) electrons. The van der Waals surface area contributed by atoms with Crippen LogP contribution in [0.4, 0.5) is 0 Å². The van der Waals surface area contributed by atoms with Crippen LogP contribution in [0.1, 0.15) is 23.5 Å². The SMILES string of the molecule is O=C1C[C@H](c2ccc(S(=O)(=O)NCc3ccccc3)cc2)CN1. The highest BCUT2D eigenvalue weighted by molar-refractivity contribution is 7.89. The molecule has 0 spiro atoms. The fourth-order valence-corrected chi connectivity index (χ4v) is 3.64. The van der Waals surface area contributed by atoms with Gasteiger partial charge in [-0.25, -0.2) is 13.1 Å². The van der Waals surface area contributed by atoms with Crippen LogP contribution in [0.15, 0.2) is 59.5 Å². The zero-order chi connectivity index (χ0) is 16.3. The average molecular weight is 330 g/mol.